The lowest BCUT2D eigenvalue weighted by Gasteiger charge is -2.06. The van der Waals surface area contributed by atoms with Crippen LogP contribution in [0.4, 0.5) is 11.5 Å². The Kier molecular flexibility index (Phi) is 3.16. The Bertz CT molecular complexity index is 835. The number of rotatable bonds is 3. The van der Waals surface area contributed by atoms with E-state index in [0.29, 0.717) is 5.82 Å². The summed E-state index contributed by atoms with van der Waals surface area (Å²) in [5, 5.41) is 10.5. The molecule has 21 heavy (non-hydrogen) atoms. The van der Waals surface area contributed by atoms with Crippen LogP contribution in [0.15, 0.2) is 55.1 Å². The van der Waals surface area contributed by atoms with Gasteiger partial charge in [-0.25, -0.2) is 0 Å². The van der Waals surface area contributed by atoms with Crippen LogP contribution < -0.4 is 11.1 Å². The van der Waals surface area contributed by atoms with E-state index in [0.717, 1.165) is 27.7 Å². The SMILES string of the molecule is C=CC(=O)Nc1cccc(-c2ccc3[nH]nc(N)c3c2)c1. The van der Waals surface area contributed by atoms with Crippen molar-refractivity contribution in [1.29, 1.82) is 0 Å². The Hall–Kier alpha value is -3.08. The number of benzene rings is 2. The van der Waals surface area contributed by atoms with E-state index >= 15 is 0 Å². The number of carbonyl (C=O) groups is 1. The van der Waals surface area contributed by atoms with Crippen LogP contribution in [0.3, 0.4) is 0 Å². The summed E-state index contributed by atoms with van der Waals surface area (Å²) in [6.45, 7) is 3.44. The van der Waals surface area contributed by atoms with Gasteiger partial charge in [0.1, 0.15) is 0 Å². The maximum absolute atomic E-state index is 11.4. The van der Waals surface area contributed by atoms with Gasteiger partial charge in [0.05, 0.1) is 5.52 Å². The number of aromatic amines is 1. The third-order valence-electron chi connectivity index (χ3n) is 3.24. The van der Waals surface area contributed by atoms with E-state index in [4.69, 9.17) is 5.73 Å². The van der Waals surface area contributed by atoms with Gasteiger partial charge in [-0.1, -0.05) is 24.8 Å². The Morgan fingerprint density at radius 2 is 2.05 bits per heavy atom. The molecule has 0 aliphatic carbocycles. The highest BCUT2D eigenvalue weighted by Crippen LogP contribution is 2.27. The van der Waals surface area contributed by atoms with Crippen molar-refractivity contribution >= 4 is 28.3 Å². The smallest absolute Gasteiger partial charge is 0.247 e. The minimum atomic E-state index is -0.235. The number of nitrogens with one attached hydrogen (secondary N) is 2. The van der Waals surface area contributed by atoms with Gasteiger partial charge in [-0.05, 0) is 41.5 Å². The van der Waals surface area contributed by atoms with Crippen LogP contribution in [-0.2, 0) is 4.79 Å². The third-order valence-corrected chi connectivity index (χ3v) is 3.24. The lowest BCUT2D eigenvalue weighted by molar-refractivity contribution is -0.111. The molecule has 2 aromatic carbocycles. The van der Waals surface area contributed by atoms with Gasteiger partial charge in [-0.2, -0.15) is 5.10 Å². The van der Waals surface area contributed by atoms with Crippen molar-refractivity contribution in [3.8, 4) is 11.1 Å². The van der Waals surface area contributed by atoms with Crippen LogP contribution in [0.5, 0.6) is 0 Å². The molecule has 0 saturated heterocycles. The van der Waals surface area contributed by atoms with Gasteiger partial charge in [0.15, 0.2) is 5.82 Å². The van der Waals surface area contributed by atoms with E-state index in [1.54, 1.807) is 0 Å². The summed E-state index contributed by atoms with van der Waals surface area (Å²) in [5.41, 5.74) is 9.43. The van der Waals surface area contributed by atoms with Gasteiger partial charge in [0, 0.05) is 11.1 Å². The molecule has 0 fully saturated rings. The number of nitrogens with two attached hydrogens (primary N) is 1. The zero-order valence-electron chi connectivity index (χ0n) is 11.3. The molecular weight excluding hydrogens is 264 g/mol. The summed E-state index contributed by atoms with van der Waals surface area (Å²) in [6.07, 6.45) is 1.24. The molecule has 0 atom stereocenters. The molecule has 0 aliphatic heterocycles. The Morgan fingerprint density at radius 3 is 2.86 bits per heavy atom. The third kappa shape index (κ3) is 2.49. The summed E-state index contributed by atoms with van der Waals surface area (Å²) in [6, 6.07) is 13.5. The first-order valence-corrected chi connectivity index (χ1v) is 6.45. The first-order chi connectivity index (χ1) is 10.2. The second kappa shape index (κ2) is 5.13. The maximum atomic E-state index is 11.4. The average Bonchev–Trinajstić information content (AvgIpc) is 2.88. The van der Waals surface area contributed by atoms with E-state index in [1.165, 1.54) is 6.08 Å². The number of anilines is 2. The summed E-state index contributed by atoms with van der Waals surface area (Å²) < 4.78 is 0. The number of carbonyl (C=O) groups excluding carboxylic acids is 1. The van der Waals surface area contributed by atoms with Gasteiger partial charge in [0.2, 0.25) is 5.91 Å². The predicted octanol–water partition coefficient (Wildman–Crippen LogP) is 2.94. The summed E-state index contributed by atoms with van der Waals surface area (Å²) in [7, 11) is 0. The molecule has 104 valence electrons. The average molecular weight is 278 g/mol. The van der Waals surface area contributed by atoms with Gasteiger partial charge in [-0.15, -0.1) is 0 Å². The number of nitrogens with zero attached hydrogens (tertiary/aromatic N) is 1. The van der Waals surface area contributed by atoms with Crippen LogP contribution in [0.1, 0.15) is 0 Å². The zero-order chi connectivity index (χ0) is 14.8. The van der Waals surface area contributed by atoms with E-state index in [2.05, 4.69) is 22.1 Å². The molecule has 3 rings (SSSR count). The fourth-order valence-corrected chi connectivity index (χ4v) is 2.18. The highest BCUT2D eigenvalue weighted by atomic mass is 16.1. The molecule has 5 heteroatoms. The van der Waals surface area contributed by atoms with Crippen LogP contribution in [-0.4, -0.2) is 16.1 Å². The van der Waals surface area contributed by atoms with Gasteiger partial charge < -0.3 is 11.1 Å². The lowest BCUT2D eigenvalue weighted by atomic mass is 10.0. The number of fused-ring (bicyclic) bond motifs is 1. The minimum absolute atomic E-state index is 0.235. The Morgan fingerprint density at radius 1 is 1.24 bits per heavy atom. The first-order valence-electron chi connectivity index (χ1n) is 6.45. The fourth-order valence-electron chi connectivity index (χ4n) is 2.18. The summed E-state index contributed by atoms with van der Waals surface area (Å²) >= 11 is 0. The van der Waals surface area contributed by atoms with Crippen molar-refractivity contribution in [2.75, 3.05) is 11.1 Å². The molecule has 0 aliphatic rings. The molecule has 0 bridgehead atoms. The van der Waals surface area contributed by atoms with Crippen molar-refractivity contribution in [1.82, 2.24) is 10.2 Å². The Labute approximate surface area is 121 Å². The monoisotopic (exact) mass is 278 g/mol. The van der Waals surface area contributed by atoms with Crippen molar-refractivity contribution in [3.05, 3.63) is 55.1 Å². The van der Waals surface area contributed by atoms with Crippen molar-refractivity contribution in [2.45, 2.75) is 0 Å². The molecule has 5 nitrogen and oxygen atoms in total. The van der Waals surface area contributed by atoms with Crippen molar-refractivity contribution in [3.63, 3.8) is 0 Å². The molecule has 1 aromatic heterocycles. The number of hydrogen-bond donors (Lipinski definition) is 3. The standard InChI is InChI=1S/C16H14N4O/c1-2-15(21)18-12-5-3-4-10(8-12)11-6-7-14-13(9-11)16(17)20-19-14/h2-9H,1H2,(H,18,21)(H3,17,19,20). The van der Waals surface area contributed by atoms with Crippen molar-refractivity contribution < 1.29 is 4.79 Å². The van der Waals surface area contributed by atoms with Crippen LogP contribution in [0, 0.1) is 0 Å². The number of H-pyrrole nitrogens is 1. The van der Waals surface area contributed by atoms with Crippen LogP contribution in [0.25, 0.3) is 22.0 Å². The van der Waals surface area contributed by atoms with Crippen molar-refractivity contribution in [2.24, 2.45) is 0 Å². The van der Waals surface area contributed by atoms with E-state index in [1.807, 2.05) is 42.5 Å². The van der Waals surface area contributed by atoms with Gasteiger partial charge in [0.25, 0.3) is 0 Å². The molecule has 0 radical (unpaired) electrons. The lowest BCUT2D eigenvalue weighted by Crippen LogP contribution is -2.06. The molecule has 0 saturated carbocycles. The number of aromatic nitrogens is 2. The van der Waals surface area contributed by atoms with Gasteiger partial charge in [-0.3, -0.25) is 9.89 Å². The maximum Gasteiger partial charge on any atom is 0.247 e. The molecule has 4 N–H and O–H groups in total. The topological polar surface area (TPSA) is 83.8 Å². The largest absolute Gasteiger partial charge is 0.382 e. The van der Waals surface area contributed by atoms with Crippen LogP contribution >= 0.6 is 0 Å². The van der Waals surface area contributed by atoms with E-state index < -0.39 is 0 Å². The Balaban J connectivity index is 2.01. The highest BCUT2D eigenvalue weighted by molar-refractivity contribution is 5.99. The summed E-state index contributed by atoms with van der Waals surface area (Å²) in [5.74, 6) is 0.240. The molecule has 0 unspecified atom stereocenters. The van der Waals surface area contributed by atoms with Gasteiger partial charge >= 0.3 is 0 Å². The minimum Gasteiger partial charge on any atom is -0.382 e. The van der Waals surface area contributed by atoms with Crippen LogP contribution in [0.2, 0.25) is 0 Å². The first kappa shape index (κ1) is 12.9. The number of nitrogen functional groups attached to an aromatic ring is 1. The second-order valence-electron chi connectivity index (χ2n) is 4.64. The molecule has 1 heterocycles. The molecule has 1 amide bonds. The van der Waals surface area contributed by atoms with E-state index in [9.17, 15) is 4.79 Å². The highest BCUT2D eigenvalue weighted by Gasteiger charge is 2.06. The quantitative estimate of drug-likeness (QED) is 0.644. The molecule has 3 aromatic rings. The molecule has 0 spiro atoms. The normalized spacial score (nSPS) is 10.5. The number of amides is 1. The summed E-state index contributed by atoms with van der Waals surface area (Å²) in [4.78, 5) is 11.4. The number of hydrogen-bond acceptors (Lipinski definition) is 3. The predicted molar refractivity (Wildman–Crippen MR) is 84.8 cm³/mol. The van der Waals surface area contributed by atoms with E-state index in [-0.39, 0.29) is 5.91 Å². The second-order valence-corrected chi connectivity index (χ2v) is 4.64. The zero-order valence-corrected chi connectivity index (χ0v) is 11.3. The fraction of sp³-hybridized carbons (Fsp3) is 0. The molecular formula is C16H14N4O.